The summed E-state index contributed by atoms with van der Waals surface area (Å²) in [6.07, 6.45) is 0. The minimum atomic E-state index is -0.0764. The van der Waals surface area contributed by atoms with Gasteiger partial charge in [-0.1, -0.05) is 12.1 Å². The van der Waals surface area contributed by atoms with Crippen molar-refractivity contribution < 1.29 is 5.11 Å². The van der Waals surface area contributed by atoms with Crippen molar-refractivity contribution in [2.75, 3.05) is 0 Å². The summed E-state index contributed by atoms with van der Waals surface area (Å²) >= 11 is 0. The van der Waals surface area contributed by atoms with Gasteiger partial charge in [-0.05, 0) is 12.1 Å². The lowest BCUT2D eigenvalue weighted by Gasteiger charge is -1.89. The molecule has 0 atom stereocenters. The van der Waals surface area contributed by atoms with Crippen molar-refractivity contribution in [1.82, 2.24) is 5.73 Å². The first-order valence-electron chi connectivity index (χ1n) is 2.27. The quantitative estimate of drug-likeness (QED) is 0.529. The molecule has 0 saturated heterocycles. The Morgan fingerprint density at radius 1 is 1.25 bits per heavy atom. The van der Waals surface area contributed by atoms with E-state index in [1.807, 2.05) is 0 Å². The van der Waals surface area contributed by atoms with Gasteiger partial charge >= 0.3 is 0 Å². The average molecular weight is 107 g/mol. The molecule has 0 unspecified atom stereocenters. The number of phenolic OH excluding ortho intramolecular Hbond substituents is 1. The standard InChI is InChI=1S/C6H5NO/c7-5-3-1-2-4-6(5)8/h1-4,8H. The van der Waals surface area contributed by atoms with Gasteiger partial charge in [-0.25, -0.2) is 0 Å². The fraction of sp³-hybridized carbons (Fsp3) is 0. The van der Waals surface area contributed by atoms with E-state index in [9.17, 15) is 0 Å². The zero-order valence-corrected chi connectivity index (χ0v) is 4.20. The van der Waals surface area contributed by atoms with Crippen molar-refractivity contribution in [3.05, 3.63) is 24.3 Å². The van der Waals surface area contributed by atoms with Crippen LogP contribution in [0.3, 0.4) is 0 Å². The molecule has 1 N–H and O–H groups in total. The summed E-state index contributed by atoms with van der Waals surface area (Å²) < 4.78 is 0. The number of benzene rings is 1. The molecule has 0 amide bonds. The summed E-state index contributed by atoms with van der Waals surface area (Å²) in [6.45, 7) is 0. The first-order chi connectivity index (χ1) is 3.80. The van der Waals surface area contributed by atoms with Gasteiger partial charge in [0.25, 0.3) is 0 Å². The van der Waals surface area contributed by atoms with Crippen LogP contribution in [0, 0.1) is 0 Å². The van der Waals surface area contributed by atoms with E-state index in [-0.39, 0.29) is 11.4 Å². The molecule has 2 nitrogen and oxygen atoms in total. The van der Waals surface area contributed by atoms with Crippen LogP contribution in [0.25, 0.3) is 0 Å². The van der Waals surface area contributed by atoms with Crippen LogP contribution in [0.15, 0.2) is 24.3 Å². The van der Waals surface area contributed by atoms with Gasteiger partial charge in [-0.2, -0.15) is 0 Å². The van der Waals surface area contributed by atoms with Gasteiger partial charge in [0.1, 0.15) is 11.4 Å². The molecule has 40 valence electrons. The third-order valence-electron chi connectivity index (χ3n) is 0.882. The molecule has 0 fully saturated rings. The molecular formula is C6H5NO. The van der Waals surface area contributed by atoms with E-state index in [0.717, 1.165) is 0 Å². The van der Waals surface area contributed by atoms with Crippen LogP contribution >= 0.6 is 0 Å². The molecule has 0 spiro atoms. The molecule has 2 heteroatoms. The van der Waals surface area contributed by atoms with E-state index in [1.54, 1.807) is 12.1 Å². The molecule has 0 heterocycles. The molecule has 0 aliphatic carbocycles. The Morgan fingerprint density at radius 3 is 2.25 bits per heavy atom. The molecule has 8 heavy (non-hydrogen) atoms. The lowest BCUT2D eigenvalue weighted by Crippen LogP contribution is -1.67. The van der Waals surface area contributed by atoms with Gasteiger partial charge in [0.2, 0.25) is 0 Å². The molecule has 0 aliphatic rings. The van der Waals surface area contributed by atoms with Crippen LogP contribution in [-0.2, 0) is 0 Å². The van der Waals surface area contributed by atoms with Crippen molar-refractivity contribution in [1.29, 1.82) is 0 Å². The third kappa shape index (κ3) is 0.729. The van der Waals surface area contributed by atoms with Gasteiger partial charge in [0, 0.05) is 0 Å². The van der Waals surface area contributed by atoms with E-state index in [0.29, 0.717) is 0 Å². The van der Waals surface area contributed by atoms with Crippen LogP contribution in [0.1, 0.15) is 0 Å². The Balaban J connectivity index is 3.13. The summed E-state index contributed by atoms with van der Waals surface area (Å²) in [5.41, 5.74) is 8.59. The van der Waals surface area contributed by atoms with Gasteiger partial charge in [0.15, 0.2) is 0 Å². The Kier molecular flexibility index (Phi) is 1.08. The second kappa shape index (κ2) is 1.74. The van der Waals surface area contributed by atoms with Gasteiger partial charge in [-0.3, -0.25) is 0 Å². The monoisotopic (exact) mass is 107 g/mol. The van der Waals surface area contributed by atoms with Crippen LogP contribution in [-0.4, -0.2) is 5.11 Å². The minimum absolute atomic E-state index is 0.0764. The van der Waals surface area contributed by atoms with Crippen molar-refractivity contribution in [3.8, 4) is 5.75 Å². The second-order valence-corrected chi connectivity index (χ2v) is 1.49. The normalized spacial score (nSPS) is 9.00. The maximum absolute atomic E-state index is 8.67. The number of hydrogen-bond acceptors (Lipinski definition) is 1. The predicted molar refractivity (Wildman–Crippen MR) is 29.9 cm³/mol. The Morgan fingerprint density at radius 2 is 1.88 bits per heavy atom. The van der Waals surface area contributed by atoms with Gasteiger partial charge in [-0.15, -0.1) is 5.73 Å². The lowest BCUT2D eigenvalue weighted by molar-refractivity contribution is 0.476. The van der Waals surface area contributed by atoms with Crippen molar-refractivity contribution in [3.63, 3.8) is 0 Å². The van der Waals surface area contributed by atoms with Crippen molar-refractivity contribution >= 4 is 5.69 Å². The highest BCUT2D eigenvalue weighted by atomic mass is 16.3. The smallest absolute Gasteiger partial charge is 0.143 e. The summed E-state index contributed by atoms with van der Waals surface area (Å²) in [5.74, 6) is -0.0764. The highest BCUT2D eigenvalue weighted by Crippen LogP contribution is 2.17. The fourth-order valence-corrected chi connectivity index (χ4v) is 0.464. The van der Waals surface area contributed by atoms with E-state index in [4.69, 9.17) is 10.8 Å². The summed E-state index contributed by atoms with van der Waals surface area (Å²) in [7, 11) is 0. The molecule has 1 rings (SSSR count). The molecular weight excluding hydrogens is 102 g/mol. The largest absolute Gasteiger partial charge is 0.506 e. The minimum Gasteiger partial charge on any atom is -0.506 e. The molecule has 0 saturated carbocycles. The lowest BCUT2D eigenvalue weighted by atomic mass is 10.3. The number of rotatable bonds is 0. The number of aromatic hydroxyl groups is 1. The third-order valence-corrected chi connectivity index (χ3v) is 0.882. The molecule has 1 aromatic carbocycles. The molecule has 2 radical (unpaired) electrons. The average Bonchev–Trinajstić information content (AvgIpc) is 1.77. The molecule has 0 aliphatic heterocycles. The first kappa shape index (κ1) is 4.97. The first-order valence-corrected chi connectivity index (χ1v) is 2.27. The highest BCUT2D eigenvalue weighted by Gasteiger charge is 1.90. The second-order valence-electron chi connectivity index (χ2n) is 1.49. The van der Waals surface area contributed by atoms with Crippen LogP contribution in [0.2, 0.25) is 0 Å². The van der Waals surface area contributed by atoms with Crippen LogP contribution in [0.4, 0.5) is 5.69 Å². The topological polar surface area (TPSA) is 42.5 Å². The van der Waals surface area contributed by atoms with E-state index >= 15 is 0 Å². The zero-order valence-electron chi connectivity index (χ0n) is 4.20. The van der Waals surface area contributed by atoms with Crippen molar-refractivity contribution in [2.45, 2.75) is 0 Å². The summed E-state index contributed by atoms with van der Waals surface area (Å²) in [4.78, 5) is 0. The number of nitrogens with zero attached hydrogens (tertiary/aromatic N) is 1. The summed E-state index contributed by atoms with van der Waals surface area (Å²) in [5, 5.41) is 8.67. The number of hydrogen-bond donors (Lipinski definition) is 1. The van der Waals surface area contributed by atoms with Gasteiger partial charge in [0.05, 0.1) is 0 Å². The zero-order chi connectivity index (χ0) is 5.98. The fourth-order valence-electron chi connectivity index (χ4n) is 0.464. The number of phenols is 1. The van der Waals surface area contributed by atoms with E-state index in [2.05, 4.69) is 0 Å². The number of para-hydroxylation sites is 1. The van der Waals surface area contributed by atoms with Gasteiger partial charge < -0.3 is 5.11 Å². The van der Waals surface area contributed by atoms with Crippen LogP contribution in [0.5, 0.6) is 5.75 Å². The predicted octanol–water partition coefficient (Wildman–Crippen LogP) is 1.09. The SMILES string of the molecule is [N]c1ccccc1O. The van der Waals surface area contributed by atoms with E-state index < -0.39 is 0 Å². The highest BCUT2D eigenvalue weighted by molar-refractivity contribution is 5.47. The van der Waals surface area contributed by atoms with E-state index in [1.165, 1.54) is 12.1 Å². The molecule has 1 aromatic rings. The maximum Gasteiger partial charge on any atom is 0.143 e. The molecule has 0 aromatic heterocycles. The Bertz CT molecular complexity index is 165. The maximum atomic E-state index is 8.67. The Hall–Kier alpha value is -1.18. The molecule has 0 bridgehead atoms. The van der Waals surface area contributed by atoms with Crippen molar-refractivity contribution in [2.24, 2.45) is 0 Å². The van der Waals surface area contributed by atoms with Crippen LogP contribution < -0.4 is 5.73 Å². The summed E-state index contributed by atoms with van der Waals surface area (Å²) in [6, 6.07) is 6.15. The Labute approximate surface area is 47.6 Å².